The van der Waals surface area contributed by atoms with Crippen molar-refractivity contribution in [2.45, 2.75) is 32.8 Å². The van der Waals surface area contributed by atoms with Crippen molar-refractivity contribution in [3.8, 4) is 0 Å². The van der Waals surface area contributed by atoms with Crippen molar-refractivity contribution in [2.24, 2.45) is 0 Å². The van der Waals surface area contributed by atoms with Crippen LogP contribution in [0.15, 0.2) is 22.9 Å². The van der Waals surface area contributed by atoms with Gasteiger partial charge in [-0.15, -0.1) is 6.58 Å². The Morgan fingerprint density at radius 1 is 1.62 bits per heavy atom. The van der Waals surface area contributed by atoms with Crippen LogP contribution in [0.3, 0.4) is 0 Å². The number of aryl methyl sites for hydroxylation is 1. The fourth-order valence-electron chi connectivity index (χ4n) is 1.25. The molecular formula is C11H16OS. The summed E-state index contributed by atoms with van der Waals surface area (Å²) in [6.07, 6.45) is 1.37. The van der Waals surface area contributed by atoms with E-state index in [1.165, 1.54) is 5.56 Å². The van der Waals surface area contributed by atoms with Crippen LogP contribution in [0.1, 0.15) is 37.0 Å². The molecule has 1 unspecified atom stereocenters. The van der Waals surface area contributed by atoms with Gasteiger partial charge in [0.05, 0.1) is 6.10 Å². The van der Waals surface area contributed by atoms with Gasteiger partial charge < -0.3 is 5.11 Å². The van der Waals surface area contributed by atoms with Crippen molar-refractivity contribution in [3.63, 3.8) is 0 Å². The van der Waals surface area contributed by atoms with E-state index >= 15 is 0 Å². The summed E-state index contributed by atoms with van der Waals surface area (Å²) >= 11 is 1.65. The number of aliphatic hydroxyl groups is 1. The molecule has 1 N–H and O–H groups in total. The molecule has 0 saturated heterocycles. The van der Waals surface area contributed by atoms with Gasteiger partial charge in [0.15, 0.2) is 0 Å². The van der Waals surface area contributed by atoms with Gasteiger partial charge >= 0.3 is 0 Å². The Bertz CT molecular complexity index is 288. The molecule has 0 saturated carbocycles. The molecule has 1 atom stereocenters. The number of hydrogen-bond acceptors (Lipinski definition) is 2. The molecule has 1 aromatic heterocycles. The van der Waals surface area contributed by atoms with Gasteiger partial charge in [-0.2, -0.15) is 11.3 Å². The standard InChI is InChI=1S/C11H16OS/c1-8(2)4-5-11(12)10-7-13-6-9(10)3/h6-7,11-12H,1,4-5H2,2-3H3. The number of rotatable bonds is 4. The molecular weight excluding hydrogens is 180 g/mol. The van der Waals surface area contributed by atoms with Crippen molar-refractivity contribution in [3.05, 3.63) is 34.0 Å². The third kappa shape index (κ3) is 2.98. The Hall–Kier alpha value is -0.600. The monoisotopic (exact) mass is 196 g/mol. The highest BCUT2D eigenvalue weighted by molar-refractivity contribution is 7.08. The SMILES string of the molecule is C=C(C)CCC(O)c1cscc1C. The summed E-state index contributed by atoms with van der Waals surface area (Å²) in [6.45, 7) is 7.85. The average molecular weight is 196 g/mol. The topological polar surface area (TPSA) is 20.2 Å². The maximum atomic E-state index is 9.80. The predicted molar refractivity (Wildman–Crippen MR) is 58.1 cm³/mol. The van der Waals surface area contributed by atoms with E-state index in [2.05, 4.69) is 12.0 Å². The lowest BCUT2D eigenvalue weighted by Crippen LogP contribution is -1.97. The van der Waals surface area contributed by atoms with E-state index in [0.29, 0.717) is 0 Å². The van der Waals surface area contributed by atoms with Gasteiger partial charge in [0.1, 0.15) is 0 Å². The van der Waals surface area contributed by atoms with E-state index in [4.69, 9.17) is 0 Å². The maximum Gasteiger partial charge on any atom is 0.0803 e. The third-order valence-corrected chi connectivity index (χ3v) is 2.98. The first-order valence-corrected chi connectivity index (χ1v) is 5.40. The zero-order valence-corrected chi connectivity index (χ0v) is 9.03. The minimum absolute atomic E-state index is 0.317. The predicted octanol–water partition coefficient (Wildman–Crippen LogP) is 3.45. The highest BCUT2D eigenvalue weighted by atomic mass is 32.1. The molecule has 1 aromatic rings. The largest absolute Gasteiger partial charge is 0.388 e. The van der Waals surface area contributed by atoms with Gasteiger partial charge in [-0.25, -0.2) is 0 Å². The molecule has 0 amide bonds. The Kier molecular flexibility index (Phi) is 3.70. The first-order valence-electron chi connectivity index (χ1n) is 4.46. The number of thiophene rings is 1. The molecule has 2 heteroatoms. The van der Waals surface area contributed by atoms with Gasteiger partial charge in [0, 0.05) is 0 Å². The molecule has 0 spiro atoms. The lowest BCUT2D eigenvalue weighted by molar-refractivity contribution is 0.167. The van der Waals surface area contributed by atoms with Crippen LogP contribution in [-0.4, -0.2) is 5.11 Å². The van der Waals surface area contributed by atoms with Gasteiger partial charge in [-0.05, 0) is 48.6 Å². The van der Waals surface area contributed by atoms with Crippen LogP contribution in [0.2, 0.25) is 0 Å². The van der Waals surface area contributed by atoms with E-state index in [1.54, 1.807) is 11.3 Å². The first-order chi connectivity index (χ1) is 6.11. The summed E-state index contributed by atoms with van der Waals surface area (Å²) in [4.78, 5) is 0. The van der Waals surface area contributed by atoms with Crippen molar-refractivity contribution in [1.82, 2.24) is 0 Å². The van der Waals surface area contributed by atoms with Crippen molar-refractivity contribution in [1.29, 1.82) is 0 Å². The van der Waals surface area contributed by atoms with E-state index in [9.17, 15) is 5.11 Å². The second kappa shape index (κ2) is 4.58. The Balaban J connectivity index is 2.53. The summed E-state index contributed by atoms with van der Waals surface area (Å²) in [5.74, 6) is 0. The Labute approximate surface area is 83.7 Å². The smallest absolute Gasteiger partial charge is 0.0803 e. The normalized spacial score (nSPS) is 12.8. The summed E-state index contributed by atoms with van der Waals surface area (Å²) < 4.78 is 0. The number of hydrogen-bond donors (Lipinski definition) is 1. The molecule has 0 aliphatic carbocycles. The van der Waals surface area contributed by atoms with Gasteiger partial charge in [0.25, 0.3) is 0 Å². The molecule has 0 bridgehead atoms. The fraction of sp³-hybridized carbons (Fsp3) is 0.455. The molecule has 0 aliphatic rings. The highest BCUT2D eigenvalue weighted by Gasteiger charge is 2.10. The van der Waals surface area contributed by atoms with E-state index in [-0.39, 0.29) is 6.10 Å². The molecule has 13 heavy (non-hydrogen) atoms. The van der Waals surface area contributed by atoms with Crippen molar-refractivity contribution >= 4 is 11.3 Å². The molecule has 1 nitrogen and oxygen atoms in total. The molecule has 72 valence electrons. The second-order valence-corrected chi connectivity index (χ2v) is 4.27. The zero-order valence-electron chi connectivity index (χ0n) is 8.21. The van der Waals surface area contributed by atoms with Crippen LogP contribution in [0.4, 0.5) is 0 Å². The highest BCUT2D eigenvalue weighted by Crippen LogP contribution is 2.25. The van der Waals surface area contributed by atoms with Crippen molar-refractivity contribution in [2.75, 3.05) is 0 Å². The second-order valence-electron chi connectivity index (χ2n) is 3.52. The minimum Gasteiger partial charge on any atom is -0.388 e. The zero-order chi connectivity index (χ0) is 9.84. The molecule has 1 heterocycles. The van der Waals surface area contributed by atoms with Crippen LogP contribution in [-0.2, 0) is 0 Å². The van der Waals surface area contributed by atoms with Gasteiger partial charge in [-0.3, -0.25) is 0 Å². The van der Waals surface area contributed by atoms with E-state index in [1.807, 2.05) is 19.2 Å². The Morgan fingerprint density at radius 2 is 2.31 bits per heavy atom. The minimum atomic E-state index is -0.317. The fourth-order valence-corrected chi connectivity index (χ4v) is 2.15. The average Bonchev–Trinajstić information content (AvgIpc) is 2.47. The first kappa shape index (κ1) is 10.5. The van der Waals surface area contributed by atoms with E-state index in [0.717, 1.165) is 24.0 Å². The van der Waals surface area contributed by atoms with Crippen LogP contribution in [0, 0.1) is 6.92 Å². The summed E-state index contributed by atoms with van der Waals surface area (Å²) in [5.41, 5.74) is 3.40. The molecule has 0 fully saturated rings. The van der Waals surface area contributed by atoms with Crippen molar-refractivity contribution < 1.29 is 5.11 Å². The lowest BCUT2D eigenvalue weighted by atomic mass is 10.0. The number of allylic oxidation sites excluding steroid dienone is 1. The molecule has 1 rings (SSSR count). The Morgan fingerprint density at radius 3 is 2.77 bits per heavy atom. The molecule has 0 radical (unpaired) electrons. The summed E-state index contributed by atoms with van der Waals surface area (Å²) in [5, 5.41) is 13.9. The quantitative estimate of drug-likeness (QED) is 0.731. The molecule has 0 aliphatic heterocycles. The van der Waals surface area contributed by atoms with Crippen LogP contribution < -0.4 is 0 Å². The van der Waals surface area contributed by atoms with Crippen LogP contribution >= 0.6 is 11.3 Å². The van der Waals surface area contributed by atoms with Gasteiger partial charge in [0.2, 0.25) is 0 Å². The number of aliphatic hydroxyl groups excluding tert-OH is 1. The summed E-state index contributed by atoms with van der Waals surface area (Å²) in [6, 6.07) is 0. The molecule has 0 aromatic carbocycles. The summed E-state index contributed by atoms with van der Waals surface area (Å²) in [7, 11) is 0. The van der Waals surface area contributed by atoms with Gasteiger partial charge in [-0.1, -0.05) is 5.57 Å². The third-order valence-electron chi connectivity index (χ3n) is 2.10. The van der Waals surface area contributed by atoms with Crippen LogP contribution in [0.25, 0.3) is 0 Å². The van der Waals surface area contributed by atoms with Crippen LogP contribution in [0.5, 0.6) is 0 Å². The lowest BCUT2D eigenvalue weighted by Gasteiger charge is -2.09. The maximum absolute atomic E-state index is 9.80. The van der Waals surface area contributed by atoms with E-state index < -0.39 is 0 Å².